The molecule has 0 radical (unpaired) electrons. The van der Waals surface area contributed by atoms with Crippen molar-refractivity contribution >= 4 is 46.8 Å². The van der Waals surface area contributed by atoms with Crippen molar-refractivity contribution in [2.24, 2.45) is 4.99 Å². The van der Waals surface area contributed by atoms with Gasteiger partial charge >= 0.3 is 11.7 Å². The molecule has 1 aliphatic heterocycles. The summed E-state index contributed by atoms with van der Waals surface area (Å²) >= 11 is 11.8. The molecule has 7 nitrogen and oxygen atoms in total. The average molecular weight is 393 g/mol. The van der Waals surface area contributed by atoms with Crippen molar-refractivity contribution in [2.45, 2.75) is 0 Å². The van der Waals surface area contributed by atoms with Gasteiger partial charge in [-0.3, -0.25) is 10.1 Å². The monoisotopic (exact) mass is 392 g/mol. The number of rotatable bonds is 4. The Kier molecular flexibility index (Phi) is 4.92. The number of halogens is 2. The zero-order valence-electron chi connectivity index (χ0n) is 13.2. The maximum absolute atomic E-state index is 12.0. The van der Waals surface area contributed by atoms with E-state index < -0.39 is 10.9 Å². The van der Waals surface area contributed by atoms with Crippen LogP contribution in [0.4, 0.5) is 5.69 Å². The molecule has 0 saturated carbocycles. The summed E-state index contributed by atoms with van der Waals surface area (Å²) in [7, 11) is 1.33. The molecule has 3 rings (SSSR count). The van der Waals surface area contributed by atoms with Crippen molar-refractivity contribution in [1.29, 1.82) is 0 Å². The van der Waals surface area contributed by atoms with Gasteiger partial charge in [-0.25, -0.2) is 9.79 Å². The summed E-state index contributed by atoms with van der Waals surface area (Å²) < 4.78 is 10.1. The van der Waals surface area contributed by atoms with Crippen molar-refractivity contribution in [3.63, 3.8) is 0 Å². The molecule has 0 atom stereocenters. The molecule has 2 aromatic rings. The highest BCUT2D eigenvalue weighted by molar-refractivity contribution is 6.42. The fraction of sp³-hybridized carbons (Fsp3) is 0.0588. The number of carbonyl (C=O) groups excluding carboxylic acids is 1. The second-order valence-corrected chi connectivity index (χ2v) is 5.97. The van der Waals surface area contributed by atoms with Crippen molar-refractivity contribution in [3.8, 4) is 5.75 Å². The van der Waals surface area contributed by atoms with E-state index in [1.165, 1.54) is 31.4 Å². The van der Waals surface area contributed by atoms with Gasteiger partial charge in [-0.1, -0.05) is 29.3 Å². The smallest absolute Gasteiger partial charge is 0.363 e. The summed E-state index contributed by atoms with van der Waals surface area (Å²) in [6.45, 7) is 0. The average Bonchev–Trinajstić information content (AvgIpc) is 2.98. The van der Waals surface area contributed by atoms with Gasteiger partial charge in [0.05, 0.1) is 22.1 Å². The number of benzene rings is 2. The Morgan fingerprint density at radius 2 is 1.96 bits per heavy atom. The predicted octanol–water partition coefficient (Wildman–Crippen LogP) is 4.25. The van der Waals surface area contributed by atoms with Crippen LogP contribution in [0.15, 0.2) is 47.1 Å². The molecule has 0 bridgehead atoms. The van der Waals surface area contributed by atoms with Crippen LogP contribution in [0, 0.1) is 10.1 Å². The SMILES string of the molecule is COc1ccc(C2=N/C(=C\c3ccc(Cl)c(Cl)c3)C(=O)O2)cc1[N+](=O)[O-]. The Hall–Kier alpha value is -2.90. The summed E-state index contributed by atoms with van der Waals surface area (Å²) in [6.07, 6.45) is 1.48. The van der Waals surface area contributed by atoms with Crippen molar-refractivity contribution in [1.82, 2.24) is 0 Å². The Balaban J connectivity index is 1.97. The molecule has 0 fully saturated rings. The number of ether oxygens (including phenoxy) is 2. The molecule has 26 heavy (non-hydrogen) atoms. The second-order valence-electron chi connectivity index (χ2n) is 5.15. The number of nitro benzene ring substituents is 1. The maximum Gasteiger partial charge on any atom is 0.363 e. The van der Waals surface area contributed by atoms with Gasteiger partial charge in [0, 0.05) is 11.6 Å². The quantitative estimate of drug-likeness (QED) is 0.335. The lowest BCUT2D eigenvalue weighted by Crippen LogP contribution is -2.06. The molecule has 9 heteroatoms. The first-order chi connectivity index (χ1) is 12.4. The van der Waals surface area contributed by atoms with Crippen LogP contribution in [0.1, 0.15) is 11.1 Å². The largest absolute Gasteiger partial charge is 0.490 e. The summed E-state index contributed by atoms with van der Waals surface area (Å²) in [5.41, 5.74) is 0.669. The molecule has 0 spiro atoms. The lowest BCUT2D eigenvalue weighted by atomic mass is 10.2. The predicted molar refractivity (Wildman–Crippen MR) is 96.7 cm³/mol. The lowest BCUT2D eigenvalue weighted by molar-refractivity contribution is -0.385. The van der Waals surface area contributed by atoms with E-state index in [9.17, 15) is 14.9 Å². The second kappa shape index (κ2) is 7.15. The fourth-order valence-corrected chi connectivity index (χ4v) is 2.56. The van der Waals surface area contributed by atoms with Crippen molar-refractivity contribution < 1.29 is 19.2 Å². The molecule has 2 aromatic carbocycles. The first kappa shape index (κ1) is 17.9. The lowest BCUT2D eigenvalue weighted by Gasteiger charge is -2.03. The van der Waals surface area contributed by atoms with Gasteiger partial charge in [0.2, 0.25) is 5.90 Å². The number of cyclic esters (lactones) is 1. The number of nitrogens with zero attached hydrogens (tertiary/aromatic N) is 2. The molecule has 132 valence electrons. The molecule has 0 N–H and O–H groups in total. The normalized spacial score (nSPS) is 15.0. The van der Waals surface area contributed by atoms with E-state index in [4.69, 9.17) is 32.7 Å². The van der Waals surface area contributed by atoms with Crippen LogP contribution < -0.4 is 4.74 Å². The first-order valence-electron chi connectivity index (χ1n) is 7.19. The van der Waals surface area contributed by atoms with E-state index in [1.807, 2.05) is 0 Å². The Morgan fingerprint density at radius 1 is 1.19 bits per heavy atom. The molecule has 0 saturated heterocycles. The van der Waals surface area contributed by atoms with Gasteiger partial charge in [-0.05, 0) is 35.9 Å². The van der Waals surface area contributed by atoms with Crippen molar-refractivity contribution in [3.05, 3.63) is 73.4 Å². The highest BCUT2D eigenvalue weighted by Crippen LogP contribution is 2.30. The van der Waals surface area contributed by atoms with Gasteiger partial charge in [0.1, 0.15) is 0 Å². The zero-order valence-corrected chi connectivity index (χ0v) is 14.7. The molecule has 0 aromatic heterocycles. The third-order valence-electron chi connectivity index (χ3n) is 3.49. The van der Waals surface area contributed by atoms with Crippen LogP contribution in [0.3, 0.4) is 0 Å². The number of aliphatic imine (C=N–C) groups is 1. The standard InChI is InChI=1S/C17H10Cl2N2O5/c1-25-15-5-3-10(8-14(15)21(23)24)16-20-13(17(22)26-16)7-9-2-4-11(18)12(19)6-9/h2-8H,1H3/b13-7-. The van der Waals surface area contributed by atoms with Gasteiger partial charge in [-0.15, -0.1) is 0 Å². The minimum atomic E-state index is -0.676. The summed E-state index contributed by atoms with van der Waals surface area (Å²) in [6, 6.07) is 8.99. The third kappa shape index (κ3) is 3.54. The number of hydrogen-bond donors (Lipinski definition) is 0. The number of carbonyl (C=O) groups is 1. The molecule has 1 aliphatic rings. The van der Waals surface area contributed by atoms with Gasteiger partial charge in [0.25, 0.3) is 0 Å². The minimum absolute atomic E-state index is 0.0351. The maximum atomic E-state index is 12.0. The Labute approximate surface area is 157 Å². The van der Waals surface area contributed by atoms with Crippen LogP contribution in [-0.4, -0.2) is 23.9 Å². The summed E-state index contributed by atoms with van der Waals surface area (Å²) in [4.78, 5) is 26.7. The Bertz CT molecular complexity index is 985. The van der Waals surface area contributed by atoms with Crippen LogP contribution in [0.5, 0.6) is 5.75 Å². The number of hydrogen-bond acceptors (Lipinski definition) is 6. The molecule has 0 aliphatic carbocycles. The van der Waals surface area contributed by atoms with Gasteiger partial charge in [0.15, 0.2) is 11.4 Å². The van der Waals surface area contributed by atoms with Crippen LogP contribution in [-0.2, 0) is 9.53 Å². The third-order valence-corrected chi connectivity index (χ3v) is 4.23. The van der Waals surface area contributed by atoms with E-state index in [0.717, 1.165) is 0 Å². The zero-order chi connectivity index (χ0) is 18.8. The van der Waals surface area contributed by atoms with Gasteiger partial charge in [-0.2, -0.15) is 0 Å². The molecular formula is C17H10Cl2N2O5. The Morgan fingerprint density at radius 3 is 2.62 bits per heavy atom. The summed E-state index contributed by atoms with van der Waals surface area (Å²) in [5, 5.41) is 11.8. The van der Waals surface area contributed by atoms with Crippen LogP contribution >= 0.6 is 23.2 Å². The van der Waals surface area contributed by atoms with E-state index >= 15 is 0 Å². The minimum Gasteiger partial charge on any atom is -0.490 e. The highest BCUT2D eigenvalue weighted by Gasteiger charge is 2.26. The van der Waals surface area contributed by atoms with E-state index in [-0.39, 0.29) is 28.6 Å². The van der Waals surface area contributed by atoms with E-state index in [0.29, 0.717) is 15.6 Å². The summed E-state index contributed by atoms with van der Waals surface area (Å²) in [5.74, 6) is -0.619. The number of nitro groups is 1. The van der Waals surface area contributed by atoms with Crippen LogP contribution in [0.2, 0.25) is 10.0 Å². The topological polar surface area (TPSA) is 91.0 Å². The molecule has 1 heterocycles. The fourth-order valence-electron chi connectivity index (χ4n) is 2.26. The molecular weight excluding hydrogens is 383 g/mol. The van der Waals surface area contributed by atoms with E-state index in [2.05, 4.69) is 4.99 Å². The van der Waals surface area contributed by atoms with Crippen LogP contribution in [0.25, 0.3) is 6.08 Å². The first-order valence-corrected chi connectivity index (χ1v) is 7.95. The molecule has 0 unspecified atom stereocenters. The number of esters is 1. The highest BCUT2D eigenvalue weighted by atomic mass is 35.5. The van der Waals surface area contributed by atoms with Gasteiger partial charge < -0.3 is 9.47 Å². The van der Waals surface area contributed by atoms with E-state index in [1.54, 1.807) is 18.2 Å². The number of methoxy groups -OCH3 is 1. The van der Waals surface area contributed by atoms with Crippen molar-refractivity contribution in [2.75, 3.05) is 7.11 Å². The molecule has 0 amide bonds.